The van der Waals surface area contributed by atoms with Crippen LogP contribution in [0.3, 0.4) is 0 Å². The van der Waals surface area contributed by atoms with Crippen molar-refractivity contribution in [3.8, 4) is 5.13 Å². The molecule has 39 heavy (non-hydrogen) atoms. The lowest BCUT2D eigenvalue weighted by Crippen LogP contribution is -2.35. The summed E-state index contributed by atoms with van der Waals surface area (Å²) in [4.78, 5) is 18.0. The van der Waals surface area contributed by atoms with Crippen LogP contribution in [0.5, 0.6) is 0 Å². The van der Waals surface area contributed by atoms with Crippen LogP contribution in [0.1, 0.15) is 39.2 Å². The predicted molar refractivity (Wildman–Crippen MR) is 155 cm³/mol. The van der Waals surface area contributed by atoms with Crippen molar-refractivity contribution in [2.24, 2.45) is 0 Å². The molecule has 8 nitrogen and oxygen atoms in total. The van der Waals surface area contributed by atoms with Gasteiger partial charge in [-0.2, -0.15) is 9.78 Å². The number of aromatic nitrogens is 3. The highest BCUT2D eigenvalue weighted by molar-refractivity contribution is 7.92. The molecular weight excluding hydrogens is 530 g/mol. The van der Waals surface area contributed by atoms with Crippen molar-refractivity contribution >= 4 is 49.0 Å². The number of carbonyl (C=O) groups is 1. The van der Waals surface area contributed by atoms with E-state index in [1.54, 1.807) is 10.7 Å². The first-order chi connectivity index (χ1) is 18.7. The Kier molecular flexibility index (Phi) is 6.23. The zero-order chi connectivity index (χ0) is 27.3. The highest BCUT2D eigenvalue weighted by Crippen LogP contribution is 2.32. The zero-order valence-corrected chi connectivity index (χ0v) is 23.4. The number of nitrogens with zero attached hydrogens (tertiary/aromatic N) is 4. The number of fused-ring (bicyclic) bond motifs is 2. The van der Waals surface area contributed by atoms with E-state index in [-0.39, 0.29) is 10.8 Å². The first-order valence-corrected chi connectivity index (χ1v) is 14.9. The molecule has 0 saturated heterocycles. The molecule has 2 aromatic heterocycles. The lowest BCUT2D eigenvalue weighted by molar-refractivity contribution is 0.102. The highest BCUT2D eigenvalue weighted by atomic mass is 32.2. The summed E-state index contributed by atoms with van der Waals surface area (Å²) in [6.07, 6.45) is 1.62. The second-order valence-electron chi connectivity index (χ2n) is 9.77. The third kappa shape index (κ3) is 4.59. The van der Waals surface area contributed by atoms with Crippen molar-refractivity contribution < 1.29 is 13.2 Å². The lowest BCUT2D eigenvalue weighted by Gasteiger charge is -2.30. The number of thiazole rings is 1. The summed E-state index contributed by atoms with van der Waals surface area (Å²) >= 11 is 1.50. The van der Waals surface area contributed by atoms with Gasteiger partial charge in [0.05, 0.1) is 26.5 Å². The standard InChI is InChI=1S/C29H27N5O3S2/c1-18-15-24-26(16-19(18)2)38-29(30-24)34-27(17-20(3)32-34)31-28(35)22-10-12-23(13-11-22)39(36,37)33-14-6-8-21-7-4-5-9-25(21)33/h4-5,7,9-13,15-17H,6,8,14H2,1-3H3,(H,31,35). The van der Waals surface area contributed by atoms with Crippen LogP contribution in [0.4, 0.5) is 11.5 Å². The van der Waals surface area contributed by atoms with Gasteiger partial charge in [0.1, 0.15) is 5.82 Å². The molecule has 5 aromatic rings. The summed E-state index contributed by atoms with van der Waals surface area (Å²) in [5.41, 5.74) is 6.06. The van der Waals surface area contributed by atoms with E-state index in [0.29, 0.717) is 23.1 Å². The Morgan fingerprint density at radius 2 is 1.72 bits per heavy atom. The van der Waals surface area contributed by atoms with Crippen molar-refractivity contribution in [3.63, 3.8) is 0 Å². The fraction of sp³-hybridized carbons (Fsp3) is 0.207. The van der Waals surface area contributed by atoms with Crippen molar-refractivity contribution in [2.75, 3.05) is 16.2 Å². The molecule has 0 spiro atoms. The zero-order valence-electron chi connectivity index (χ0n) is 21.8. The van der Waals surface area contributed by atoms with Crippen LogP contribution in [-0.4, -0.2) is 35.6 Å². The first kappa shape index (κ1) is 25.3. The number of anilines is 2. The molecule has 0 radical (unpaired) electrons. The number of para-hydroxylation sites is 1. The second-order valence-corrected chi connectivity index (χ2v) is 12.6. The molecular formula is C29H27N5O3S2. The van der Waals surface area contributed by atoms with Gasteiger partial charge in [-0.3, -0.25) is 9.10 Å². The fourth-order valence-electron chi connectivity index (χ4n) is 4.84. The first-order valence-electron chi connectivity index (χ1n) is 12.7. The molecule has 1 amide bonds. The number of benzene rings is 3. The van der Waals surface area contributed by atoms with Crippen LogP contribution in [0.25, 0.3) is 15.3 Å². The maximum absolute atomic E-state index is 13.5. The minimum absolute atomic E-state index is 0.150. The smallest absolute Gasteiger partial charge is 0.264 e. The van der Waals surface area contributed by atoms with Gasteiger partial charge in [-0.25, -0.2) is 13.4 Å². The largest absolute Gasteiger partial charge is 0.306 e. The maximum Gasteiger partial charge on any atom is 0.264 e. The van der Waals surface area contributed by atoms with Crippen molar-refractivity contribution in [2.45, 2.75) is 38.5 Å². The van der Waals surface area contributed by atoms with Gasteiger partial charge in [-0.15, -0.1) is 0 Å². The number of hydrogen-bond acceptors (Lipinski definition) is 6. The minimum Gasteiger partial charge on any atom is -0.306 e. The third-order valence-electron chi connectivity index (χ3n) is 7.02. The highest BCUT2D eigenvalue weighted by Gasteiger charge is 2.29. The second kappa shape index (κ2) is 9.62. The molecule has 3 heterocycles. The molecule has 0 atom stereocenters. The van der Waals surface area contributed by atoms with Crippen LogP contribution in [0.2, 0.25) is 0 Å². The fourth-order valence-corrected chi connectivity index (χ4v) is 7.39. The van der Waals surface area contributed by atoms with Gasteiger partial charge < -0.3 is 5.32 Å². The number of nitrogens with one attached hydrogen (secondary N) is 1. The summed E-state index contributed by atoms with van der Waals surface area (Å²) in [5, 5.41) is 8.12. The summed E-state index contributed by atoms with van der Waals surface area (Å²) in [5.74, 6) is 0.128. The van der Waals surface area contributed by atoms with Gasteiger partial charge >= 0.3 is 0 Å². The summed E-state index contributed by atoms with van der Waals surface area (Å²) in [6.45, 7) is 6.40. The van der Waals surface area contributed by atoms with Crippen LogP contribution >= 0.6 is 11.3 Å². The van der Waals surface area contributed by atoms with Gasteiger partial charge in [0, 0.05) is 18.2 Å². The number of amides is 1. The van der Waals surface area contributed by atoms with Crippen molar-refractivity contribution in [1.29, 1.82) is 0 Å². The van der Waals surface area contributed by atoms with Gasteiger partial charge in [0.15, 0.2) is 0 Å². The molecule has 0 saturated carbocycles. The van der Waals surface area contributed by atoms with Crippen molar-refractivity contribution in [1.82, 2.24) is 14.8 Å². The number of sulfonamides is 1. The Bertz CT molecular complexity index is 1800. The van der Waals surface area contributed by atoms with Crippen LogP contribution in [-0.2, 0) is 16.4 Å². The van der Waals surface area contributed by atoms with E-state index in [1.807, 2.05) is 31.2 Å². The van der Waals surface area contributed by atoms with E-state index >= 15 is 0 Å². The maximum atomic E-state index is 13.5. The molecule has 0 bridgehead atoms. The Morgan fingerprint density at radius 3 is 2.51 bits per heavy atom. The molecule has 0 unspecified atom stereocenters. The number of rotatable bonds is 5. The topological polar surface area (TPSA) is 97.2 Å². The Labute approximate surface area is 231 Å². The molecule has 6 rings (SSSR count). The lowest BCUT2D eigenvalue weighted by atomic mass is 10.0. The van der Waals surface area contributed by atoms with E-state index < -0.39 is 10.0 Å². The molecule has 1 aliphatic heterocycles. The monoisotopic (exact) mass is 557 g/mol. The average molecular weight is 558 g/mol. The molecule has 3 aromatic carbocycles. The van der Waals surface area contributed by atoms with E-state index in [1.165, 1.54) is 51.0 Å². The van der Waals surface area contributed by atoms with Gasteiger partial charge in [-0.1, -0.05) is 29.5 Å². The molecule has 0 fully saturated rings. The van der Waals surface area contributed by atoms with Gasteiger partial charge in [-0.05, 0) is 92.8 Å². The third-order valence-corrected chi connectivity index (χ3v) is 9.84. The van der Waals surface area contributed by atoms with E-state index in [4.69, 9.17) is 4.98 Å². The number of carbonyl (C=O) groups excluding carboxylic acids is 1. The summed E-state index contributed by atoms with van der Waals surface area (Å²) in [6, 6.07) is 19.6. The quantitative estimate of drug-likeness (QED) is 0.295. The normalized spacial score (nSPS) is 13.5. The molecule has 1 N–H and O–H groups in total. The Hall–Kier alpha value is -4.02. The molecule has 1 aliphatic rings. The number of hydrogen-bond donors (Lipinski definition) is 1. The van der Waals surface area contributed by atoms with Crippen molar-refractivity contribution in [3.05, 3.63) is 94.7 Å². The van der Waals surface area contributed by atoms with Gasteiger partial charge in [0.25, 0.3) is 15.9 Å². The Balaban J connectivity index is 1.25. The molecule has 10 heteroatoms. The van der Waals surface area contributed by atoms with E-state index in [9.17, 15) is 13.2 Å². The van der Waals surface area contributed by atoms with Crippen LogP contribution in [0, 0.1) is 20.8 Å². The average Bonchev–Trinajstić information content (AvgIpc) is 3.50. The summed E-state index contributed by atoms with van der Waals surface area (Å²) in [7, 11) is -3.75. The SMILES string of the molecule is Cc1cc(NC(=O)c2ccc(S(=O)(=O)N3CCCc4ccccc43)cc2)n(-c2nc3cc(C)c(C)cc3s2)n1. The minimum atomic E-state index is -3.75. The van der Waals surface area contributed by atoms with Crippen LogP contribution in [0.15, 0.2) is 71.6 Å². The Morgan fingerprint density at radius 1 is 0.974 bits per heavy atom. The van der Waals surface area contributed by atoms with Crippen LogP contribution < -0.4 is 9.62 Å². The molecule has 0 aliphatic carbocycles. The molecule has 198 valence electrons. The van der Waals surface area contributed by atoms with E-state index in [2.05, 4.69) is 36.4 Å². The number of aryl methyl sites for hydroxylation is 4. The van der Waals surface area contributed by atoms with E-state index in [0.717, 1.165) is 40.0 Å². The van der Waals surface area contributed by atoms with Gasteiger partial charge in [0.2, 0.25) is 5.13 Å². The predicted octanol–water partition coefficient (Wildman–Crippen LogP) is 5.80. The summed E-state index contributed by atoms with van der Waals surface area (Å²) < 4.78 is 31.0.